The van der Waals surface area contributed by atoms with E-state index < -0.39 is 0 Å². The highest BCUT2D eigenvalue weighted by molar-refractivity contribution is 5.22. The van der Waals surface area contributed by atoms with Crippen molar-refractivity contribution in [1.29, 1.82) is 0 Å². The number of nitrogens with one attached hydrogen (secondary N) is 2. The van der Waals surface area contributed by atoms with Crippen molar-refractivity contribution < 1.29 is 0 Å². The Morgan fingerprint density at radius 1 is 1.31 bits per heavy atom. The van der Waals surface area contributed by atoms with Gasteiger partial charge in [0.2, 0.25) is 5.95 Å². The molecule has 4 heteroatoms. The van der Waals surface area contributed by atoms with Gasteiger partial charge in [-0.2, -0.15) is 10.1 Å². The fraction of sp³-hybridized carbons (Fsp3) is 0.833. The van der Waals surface area contributed by atoms with Crippen molar-refractivity contribution in [2.45, 2.75) is 51.9 Å². The number of aromatic nitrogens is 3. The van der Waals surface area contributed by atoms with Crippen LogP contribution in [0.1, 0.15) is 51.3 Å². The van der Waals surface area contributed by atoms with Gasteiger partial charge in [0.1, 0.15) is 0 Å². The van der Waals surface area contributed by atoms with E-state index in [9.17, 15) is 0 Å². The molecule has 2 rings (SSSR count). The van der Waals surface area contributed by atoms with Gasteiger partial charge in [0.15, 0.2) is 5.82 Å². The van der Waals surface area contributed by atoms with E-state index in [1.165, 1.54) is 32.1 Å². The first-order chi connectivity index (χ1) is 7.88. The number of H-pyrrole nitrogens is 1. The van der Waals surface area contributed by atoms with E-state index in [0.29, 0.717) is 0 Å². The summed E-state index contributed by atoms with van der Waals surface area (Å²) in [7, 11) is 0. The van der Waals surface area contributed by atoms with Crippen molar-refractivity contribution in [2.75, 3.05) is 11.9 Å². The monoisotopic (exact) mass is 222 g/mol. The summed E-state index contributed by atoms with van der Waals surface area (Å²) >= 11 is 0. The van der Waals surface area contributed by atoms with E-state index in [2.05, 4.69) is 27.4 Å². The summed E-state index contributed by atoms with van der Waals surface area (Å²) in [6.07, 6.45) is 8.99. The van der Waals surface area contributed by atoms with Crippen molar-refractivity contribution >= 4 is 5.95 Å². The number of aryl methyl sites for hydroxylation is 1. The molecule has 1 fully saturated rings. The minimum absolute atomic E-state index is 0.827. The normalized spacial score (nSPS) is 17.6. The molecule has 0 atom stereocenters. The lowest BCUT2D eigenvalue weighted by Crippen LogP contribution is -2.17. The highest BCUT2D eigenvalue weighted by atomic mass is 15.3. The number of rotatable bonds is 5. The molecule has 0 saturated heterocycles. The van der Waals surface area contributed by atoms with E-state index in [4.69, 9.17) is 0 Å². The molecule has 0 radical (unpaired) electrons. The van der Waals surface area contributed by atoms with Gasteiger partial charge in [-0.25, -0.2) is 5.10 Å². The average molecular weight is 222 g/mol. The van der Waals surface area contributed by atoms with Crippen LogP contribution < -0.4 is 5.32 Å². The molecule has 1 heterocycles. The molecule has 1 saturated carbocycles. The highest BCUT2D eigenvalue weighted by Crippen LogP contribution is 2.23. The van der Waals surface area contributed by atoms with Crippen LogP contribution in [0.15, 0.2) is 0 Å². The first-order valence-corrected chi connectivity index (χ1v) is 6.53. The fourth-order valence-corrected chi connectivity index (χ4v) is 2.34. The second-order valence-corrected chi connectivity index (χ2v) is 4.74. The molecule has 0 aromatic carbocycles. The second-order valence-electron chi connectivity index (χ2n) is 4.74. The second kappa shape index (κ2) is 5.87. The van der Waals surface area contributed by atoms with Crippen LogP contribution in [-0.2, 0) is 6.42 Å². The SMILES string of the molecule is CCCc1n[nH]c(NCC2CCCCC2)n1. The van der Waals surface area contributed by atoms with E-state index in [1.54, 1.807) is 0 Å². The van der Waals surface area contributed by atoms with E-state index >= 15 is 0 Å². The third-order valence-electron chi connectivity index (χ3n) is 3.29. The Kier molecular flexibility index (Phi) is 4.19. The number of aromatic amines is 1. The molecule has 1 aromatic rings. The molecule has 1 aromatic heterocycles. The molecule has 0 bridgehead atoms. The lowest BCUT2D eigenvalue weighted by atomic mass is 9.89. The average Bonchev–Trinajstić information content (AvgIpc) is 2.76. The van der Waals surface area contributed by atoms with Crippen LogP contribution in [0.25, 0.3) is 0 Å². The van der Waals surface area contributed by atoms with Crippen molar-refractivity contribution in [2.24, 2.45) is 5.92 Å². The number of anilines is 1. The van der Waals surface area contributed by atoms with Crippen LogP contribution in [0.4, 0.5) is 5.95 Å². The fourth-order valence-electron chi connectivity index (χ4n) is 2.34. The molecule has 4 nitrogen and oxygen atoms in total. The molecule has 16 heavy (non-hydrogen) atoms. The molecule has 2 N–H and O–H groups in total. The Morgan fingerprint density at radius 2 is 2.12 bits per heavy atom. The van der Waals surface area contributed by atoms with Gasteiger partial charge in [-0.05, 0) is 25.2 Å². The molecular weight excluding hydrogens is 200 g/mol. The maximum Gasteiger partial charge on any atom is 0.218 e. The molecule has 0 amide bonds. The van der Waals surface area contributed by atoms with Gasteiger partial charge >= 0.3 is 0 Å². The zero-order valence-electron chi connectivity index (χ0n) is 10.1. The molecule has 90 valence electrons. The largest absolute Gasteiger partial charge is 0.354 e. The lowest BCUT2D eigenvalue weighted by Gasteiger charge is -2.21. The van der Waals surface area contributed by atoms with Crippen LogP contribution in [-0.4, -0.2) is 21.7 Å². The van der Waals surface area contributed by atoms with Crippen LogP contribution >= 0.6 is 0 Å². The predicted octanol–water partition coefficient (Wildman–Crippen LogP) is 2.75. The molecular formula is C12H22N4. The summed E-state index contributed by atoms with van der Waals surface area (Å²) in [4.78, 5) is 4.41. The first kappa shape index (κ1) is 11.4. The summed E-state index contributed by atoms with van der Waals surface area (Å²) < 4.78 is 0. The predicted molar refractivity (Wildman–Crippen MR) is 65.4 cm³/mol. The van der Waals surface area contributed by atoms with E-state index in [1.807, 2.05) is 0 Å². The number of hydrogen-bond acceptors (Lipinski definition) is 3. The molecule has 0 unspecified atom stereocenters. The van der Waals surface area contributed by atoms with Gasteiger partial charge in [0.25, 0.3) is 0 Å². The minimum atomic E-state index is 0.827. The topological polar surface area (TPSA) is 53.6 Å². The summed E-state index contributed by atoms with van der Waals surface area (Å²) in [5.41, 5.74) is 0. The van der Waals surface area contributed by atoms with E-state index in [0.717, 1.165) is 37.1 Å². The van der Waals surface area contributed by atoms with Gasteiger partial charge < -0.3 is 5.32 Å². The third-order valence-corrected chi connectivity index (χ3v) is 3.29. The molecule has 0 aliphatic heterocycles. The zero-order chi connectivity index (χ0) is 11.2. The minimum Gasteiger partial charge on any atom is -0.354 e. The van der Waals surface area contributed by atoms with Crippen LogP contribution in [0.5, 0.6) is 0 Å². The van der Waals surface area contributed by atoms with Crippen molar-refractivity contribution in [3.8, 4) is 0 Å². The Bertz CT molecular complexity index is 302. The third kappa shape index (κ3) is 3.22. The van der Waals surface area contributed by atoms with Crippen LogP contribution in [0.2, 0.25) is 0 Å². The smallest absolute Gasteiger partial charge is 0.218 e. The summed E-state index contributed by atoms with van der Waals surface area (Å²) in [6.45, 7) is 3.19. The number of hydrogen-bond donors (Lipinski definition) is 2. The Hall–Kier alpha value is -1.06. The Morgan fingerprint density at radius 3 is 2.88 bits per heavy atom. The first-order valence-electron chi connectivity index (χ1n) is 6.53. The van der Waals surface area contributed by atoms with Crippen molar-refractivity contribution in [3.63, 3.8) is 0 Å². The standard InChI is InChI=1S/C12H22N4/c1-2-6-11-14-12(16-15-11)13-9-10-7-4-3-5-8-10/h10H,2-9H2,1H3,(H2,13,14,15,16). The van der Waals surface area contributed by atoms with Gasteiger partial charge in [0.05, 0.1) is 0 Å². The molecule has 0 spiro atoms. The summed E-state index contributed by atoms with van der Waals surface area (Å²) in [6, 6.07) is 0. The van der Waals surface area contributed by atoms with Gasteiger partial charge in [-0.15, -0.1) is 0 Å². The van der Waals surface area contributed by atoms with Crippen molar-refractivity contribution in [3.05, 3.63) is 5.82 Å². The zero-order valence-corrected chi connectivity index (χ0v) is 10.1. The number of nitrogens with zero attached hydrogens (tertiary/aromatic N) is 2. The van der Waals surface area contributed by atoms with Crippen LogP contribution in [0.3, 0.4) is 0 Å². The maximum absolute atomic E-state index is 4.41. The van der Waals surface area contributed by atoms with Gasteiger partial charge in [-0.3, -0.25) is 0 Å². The van der Waals surface area contributed by atoms with E-state index in [-0.39, 0.29) is 0 Å². The summed E-state index contributed by atoms with van der Waals surface area (Å²) in [5, 5.41) is 10.5. The molecule has 1 aliphatic rings. The summed E-state index contributed by atoms with van der Waals surface area (Å²) in [5.74, 6) is 2.59. The Labute approximate surface area is 97.2 Å². The maximum atomic E-state index is 4.41. The Balaban J connectivity index is 1.75. The van der Waals surface area contributed by atoms with Gasteiger partial charge in [0, 0.05) is 13.0 Å². The lowest BCUT2D eigenvalue weighted by molar-refractivity contribution is 0.373. The van der Waals surface area contributed by atoms with Crippen molar-refractivity contribution in [1.82, 2.24) is 15.2 Å². The van der Waals surface area contributed by atoms with Crippen LogP contribution in [0, 0.1) is 5.92 Å². The highest BCUT2D eigenvalue weighted by Gasteiger charge is 2.13. The van der Waals surface area contributed by atoms with Gasteiger partial charge in [-0.1, -0.05) is 26.2 Å². The quantitative estimate of drug-likeness (QED) is 0.805. The molecule has 1 aliphatic carbocycles.